The van der Waals surface area contributed by atoms with Gasteiger partial charge in [0.15, 0.2) is 17.4 Å². The van der Waals surface area contributed by atoms with E-state index in [9.17, 15) is 22.4 Å². The zero-order valence-corrected chi connectivity index (χ0v) is 18.3. The van der Waals surface area contributed by atoms with Gasteiger partial charge < -0.3 is 9.64 Å². The number of imide groups is 1. The van der Waals surface area contributed by atoms with Gasteiger partial charge in [0.25, 0.3) is 0 Å². The lowest BCUT2D eigenvalue weighted by Gasteiger charge is -2.16. The number of halogens is 1. The van der Waals surface area contributed by atoms with Crippen LogP contribution in [0.1, 0.15) is 36.9 Å². The van der Waals surface area contributed by atoms with E-state index in [1.165, 1.54) is 40.2 Å². The molecule has 1 saturated carbocycles. The Labute approximate surface area is 184 Å². The van der Waals surface area contributed by atoms with Crippen LogP contribution in [-0.2, 0) is 27.2 Å². The fraction of sp³-hybridized carbons (Fsp3) is 0.450. The topological polar surface area (TPSA) is 123 Å². The van der Waals surface area contributed by atoms with E-state index in [0.29, 0.717) is 23.7 Å². The Morgan fingerprint density at radius 1 is 1.34 bits per heavy atom. The van der Waals surface area contributed by atoms with E-state index < -0.39 is 33.8 Å². The summed E-state index contributed by atoms with van der Waals surface area (Å²) in [6.45, 7) is 2.20. The van der Waals surface area contributed by atoms with Crippen LogP contribution in [0.3, 0.4) is 0 Å². The molecule has 1 atom stereocenters. The van der Waals surface area contributed by atoms with Crippen molar-refractivity contribution in [2.75, 3.05) is 13.2 Å². The molecule has 1 aliphatic carbocycles. The Kier molecular flexibility index (Phi) is 6.15. The summed E-state index contributed by atoms with van der Waals surface area (Å²) in [5.41, 5.74) is 1.17. The molecular formula is C20H24FN5O5S. The molecule has 0 unspecified atom stereocenters. The third-order valence-corrected chi connectivity index (χ3v) is 6.53. The van der Waals surface area contributed by atoms with Gasteiger partial charge in [-0.2, -0.15) is 5.10 Å². The largest absolute Gasteiger partial charge is 0.490 e. The number of ether oxygens (including phenoxy) is 1. The number of aromatic nitrogens is 2. The van der Waals surface area contributed by atoms with E-state index in [0.717, 1.165) is 12.8 Å². The van der Waals surface area contributed by atoms with E-state index in [4.69, 9.17) is 4.74 Å². The summed E-state index contributed by atoms with van der Waals surface area (Å²) >= 11 is 0. The Bertz CT molecular complexity index is 1130. The molecule has 1 aromatic carbocycles. The smallest absolute Gasteiger partial charge is 0.324 e. The van der Waals surface area contributed by atoms with Crippen LogP contribution in [-0.4, -0.2) is 48.2 Å². The molecule has 4 rings (SSSR count). The molecule has 1 aromatic heterocycles. The average molecular weight is 466 g/mol. The Morgan fingerprint density at radius 3 is 2.81 bits per heavy atom. The summed E-state index contributed by atoms with van der Waals surface area (Å²) in [6, 6.07) is 3.19. The summed E-state index contributed by atoms with van der Waals surface area (Å²) in [6.07, 6.45) is 5.10. The molecule has 1 aliphatic heterocycles. The summed E-state index contributed by atoms with van der Waals surface area (Å²) in [7, 11) is -3.79. The normalized spacial score (nSPS) is 17.5. The van der Waals surface area contributed by atoms with Crippen molar-refractivity contribution in [2.45, 2.75) is 38.2 Å². The maximum Gasteiger partial charge on any atom is 0.324 e. The molecule has 1 saturated heterocycles. The molecule has 2 aromatic rings. The minimum Gasteiger partial charge on any atom is -0.490 e. The van der Waals surface area contributed by atoms with Crippen LogP contribution >= 0.6 is 0 Å². The number of nitrogens with one attached hydrogen (secondary N) is 2. The van der Waals surface area contributed by atoms with Gasteiger partial charge in [0, 0.05) is 17.8 Å². The predicted octanol–water partition coefficient (Wildman–Crippen LogP) is 1.50. The molecule has 172 valence electrons. The SMILES string of the molecule is C[C@@H](NS(=O)(=O)Cn1cc(CN2CC(=O)NC2=O)cn1)c1ccc(F)c(OCC2CC2)c1. The van der Waals surface area contributed by atoms with Gasteiger partial charge in [-0.1, -0.05) is 6.07 Å². The lowest BCUT2D eigenvalue weighted by molar-refractivity contribution is -0.118. The number of carbonyl (C=O) groups is 2. The Morgan fingerprint density at radius 2 is 2.12 bits per heavy atom. The first-order valence-electron chi connectivity index (χ1n) is 10.2. The van der Waals surface area contributed by atoms with Gasteiger partial charge >= 0.3 is 6.03 Å². The van der Waals surface area contributed by atoms with Crippen molar-refractivity contribution >= 4 is 22.0 Å². The average Bonchev–Trinajstić information content (AvgIpc) is 3.36. The maximum atomic E-state index is 14.0. The first kappa shape index (κ1) is 22.2. The highest BCUT2D eigenvalue weighted by Gasteiger charge is 2.27. The van der Waals surface area contributed by atoms with E-state index >= 15 is 0 Å². The van der Waals surface area contributed by atoms with Gasteiger partial charge in [0.2, 0.25) is 15.9 Å². The van der Waals surface area contributed by atoms with Crippen molar-refractivity contribution in [3.63, 3.8) is 0 Å². The number of hydrogen-bond acceptors (Lipinski definition) is 6. The number of nitrogens with zero attached hydrogens (tertiary/aromatic N) is 3. The number of benzene rings is 1. The van der Waals surface area contributed by atoms with Crippen molar-refractivity contribution in [3.05, 3.63) is 47.5 Å². The van der Waals surface area contributed by atoms with Crippen LogP contribution in [0.5, 0.6) is 5.75 Å². The lowest BCUT2D eigenvalue weighted by atomic mass is 10.1. The predicted molar refractivity (Wildman–Crippen MR) is 111 cm³/mol. The van der Waals surface area contributed by atoms with Crippen molar-refractivity contribution < 1.29 is 27.1 Å². The van der Waals surface area contributed by atoms with Gasteiger partial charge in [0.1, 0.15) is 6.54 Å². The molecule has 10 nitrogen and oxygen atoms in total. The lowest BCUT2D eigenvalue weighted by Crippen LogP contribution is -2.30. The zero-order chi connectivity index (χ0) is 22.9. The third-order valence-electron chi connectivity index (χ3n) is 5.21. The van der Waals surface area contributed by atoms with Crippen LogP contribution in [0.25, 0.3) is 0 Å². The highest BCUT2D eigenvalue weighted by Crippen LogP contribution is 2.31. The summed E-state index contributed by atoms with van der Waals surface area (Å²) in [4.78, 5) is 24.2. The number of rotatable bonds is 10. The van der Waals surface area contributed by atoms with Crippen LogP contribution in [0.15, 0.2) is 30.6 Å². The van der Waals surface area contributed by atoms with Gasteiger partial charge in [-0.15, -0.1) is 0 Å². The Balaban J connectivity index is 1.36. The zero-order valence-electron chi connectivity index (χ0n) is 17.5. The van der Waals surface area contributed by atoms with Crippen LogP contribution < -0.4 is 14.8 Å². The van der Waals surface area contributed by atoms with E-state index in [1.54, 1.807) is 6.92 Å². The minimum absolute atomic E-state index is 0.0502. The number of carbonyl (C=O) groups excluding carboxylic acids is 2. The van der Waals surface area contributed by atoms with E-state index in [2.05, 4.69) is 15.1 Å². The van der Waals surface area contributed by atoms with Crippen molar-refractivity contribution in [1.29, 1.82) is 0 Å². The molecule has 2 N–H and O–H groups in total. The molecule has 2 aliphatic rings. The number of urea groups is 1. The fourth-order valence-electron chi connectivity index (χ4n) is 3.33. The highest BCUT2D eigenvalue weighted by atomic mass is 32.2. The second-order valence-electron chi connectivity index (χ2n) is 8.13. The molecule has 0 bridgehead atoms. The summed E-state index contributed by atoms with van der Waals surface area (Å²) in [5, 5.41) is 6.20. The quantitative estimate of drug-likeness (QED) is 0.513. The monoisotopic (exact) mass is 465 g/mol. The fourth-order valence-corrected chi connectivity index (χ4v) is 4.57. The minimum atomic E-state index is -3.79. The molecule has 32 heavy (non-hydrogen) atoms. The number of sulfonamides is 1. The first-order chi connectivity index (χ1) is 15.2. The van der Waals surface area contributed by atoms with E-state index in [-0.39, 0.29) is 24.7 Å². The second kappa shape index (κ2) is 8.87. The van der Waals surface area contributed by atoms with Crippen molar-refractivity contribution in [3.8, 4) is 5.75 Å². The molecule has 2 fully saturated rings. The molecule has 0 spiro atoms. The van der Waals surface area contributed by atoms with Gasteiger partial charge in [-0.3, -0.25) is 14.8 Å². The molecule has 2 heterocycles. The maximum absolute atomic E-state index is 14.0. The van der Waals surface area contributed by atoms with Gasteiger partial charge in [-0.05, 0) is 43.4 Å². The second-order valence-corrected chi connectivity index (χ2v) is 9.85. The Hall–Kier alpha value is -2.99. The summed E-state index contributed by atoms with van der Waals surface area (Å²) in [5.74, 6) is -0.726. The molecule has 3 amide bonds. The van der Waals surface area contributed by atoms with Crippen LogP contribution in [0, 0.1) is 11.7 Å². The van der Waals surface area contributed by atoms with Gasteiger partial charge in [0.05, 0.1) is 19.3 Å². The van der Waals surface area contributed by atoms with Crippen LogP contribution in [0.2, 0.25) is 0 Å². The standard InChI is InChI=1S/C20H24FN5O5S/c1-13(16-4-5-17(21)18(6-16)31-11-14-2-3-14)24-32(29,30)12-26-9-15(7-22-26)8-25-10-19(27)23-20(25)28/h4-7,9,13-14,24H,2-3,8,10-12H2,1H3,(H,23,27,28)/t13-/m1/s1. The van der Waals surface area contributed by atoms with Crippen molar-refractivity contribution in [2.24, 2.45) is 5.92 Å². The number of amides is 3. The van der Waals surface area contributed by atoms with Gasteiger partial charge in [-0.25, -0.2) is 22.3 Å². The third kappa shape index (κ3) is 5.62. The molecular weight excluding hydrogens is 441 g/mol. The first-order valence-corrected chi connectivity index (χ1v) is 11.9. The summed E-state index contributed by atoms with van der Waals surface area (Å²) < 4.78 is 48.5. The van der Waals surface area contributed by atoms with Crippen molar-refractivity contribution in [1.82, 2.24) is 24.7 Å². The number of hydrogen-bond donors (Lipinski definition) is 2. The molecule has 0 radical (unpaired) electrons. The van der Waals surface area contributed by atoms with E-state index in [1.807, 2.05) is 0 Å². The highest BCUT2D eigenvalue weighted by molar-refractivity contribution is 7.88. The molecule has 12 heteroatoms. The van der Waals surface area contributed by atoms with Crippen LogP contribution in [0.4, 0.5) is 9.18 Å².